The monoisotopic (exact) mass is 310 g/mol. The summed E-state index contributed by atoms with van der Waals surface area (Å²) in [5.41, 5.74) is 6.37. The number of aromatic carboxylic acids is 1. The number of nitrogens with one attached hydrogen (secondary N) is 1. The van der Waals surface area contributed by atoms with Gasteiger partial charge in [-0.3, -0.25) is 4.79 Å². The first-order valence-corrected chi connectivity index (χ1v) is 6.35. The van der Waals surface area contributed by atoms with Crippen LogP contribution in [-0.4, -0.2) is 43.3 Å². The van der Waals surface area contributed by atoms with E-state index in [1.165, 1.54) is 32.4 Å². The summed E-state index contributed by atoms with van der Waals surface area (Å²) in [6, 6.07) is 4.11. The Balaban J connectivity index is 3.09. The van der Waals surface area contributed by atoms with Crippen molar-refractivity contribution in [3.8, 4) is 0 Å². The second-order valence-corrected chi connectivity index (χ2v) is 4.37. The molecule has 0 aliphatic carbocycles. The predicted octanol–water partition coefficient (Wildman–Crippen LogP) is 0.360. The van der Waals surface area contributed by atoms with Gasteiger partial charge in [-0.15, -0.1) is 0 Å². The average molecular weight is 310 g/mol. The summed E-state index contributed by atoms with van der Waals surface area (Å²) in [5, 5.41) is 11.5. The molecule has 0 fully saturated rings. The number of carboxylic acids is 1. The molecule has 0 saturated carbocycles. The molecular weight excluding hydrogens is 292 g/mol. The van der Waals surface area contributed by atoms with Crippen molar-refractivity contribution in [3.63, 3.8) is 0 Å². The topological polar surface area (TPSA) is 128 Å². The molecule has 0 aromatic heterocycles. The Labute approximate surface area is 127 Å². The minimum absolute atomic E-state index is 0.0252. The number of carbonyl (C=O) groups is 3. The molecule has 8 heteroatoms. The molecule has 0 bridgehead atoms. The van der Waals surface area contributed by atoms with E-state index >= 15 is 0 Å². The van der Waals surface area contributed by atoms with Crippen LogP contribution in [-0.2, 0) is 25.6 Å². The summed E-state index contributed by atoms with van der Waals surface area (Å²) < 4.78 is 10.0. The number of aldehydes is 1. The molecule has 22 heavy (non-hydrogen) atoms. The number of nitrogens with two attached hydrogens (primary N) is 1. The molecule has 0 radical (unpaired) electrons. The van der Waals surface area contributed by atoms with E-state index in [-0.39, 0.29) is 18.5 Å². The van der Waals surface area contributed by atoms with E-state index in [9.17, 15) is 14.4 Å². The Bertz CT molecular complexity index is 568. The molecule has 0 spiro atoms. The fourth-order valence-corrected chi connectivity index (χ4v) is 1.87. The Morgan fingerprint density at radius 3 is 2.45 bits per heavy atom. The third-order valence-electron chi connectivity index (χ3n) is 3.18. The van der Waals surface area contributed by atoms with Crippen molar-refractivity contribution < 1.29 is 29.0 Å². The molecule has 0 saturated heterocycles. The van der Waals surface area contributed by atoms with Crippen molar-refractivity contribution in [1.82, 2.24) is 0 Å². The molecule has 0 unspecified atom stereocenters. The van der Waals surface area contributed by atoms with Crippen molar-refractivity contribution in [3.05, 3.63) is 29.3 Å². The lowest BCUT2D eigenvalue weighted by molar-refractivity contribution is -0.205. The smallest absolute Gasteiger partial charge is 0.335 e. The molecule has 1 amide bonds. The fourth-order valence-electron chi connectivity index (χ4n) is 1.87. The molecular formula is C14H18N2O6. The van der Waals surface area contributed by atoms with Crippen LogP contribution in [0.3, 0.4) is 0 Å². The van der Waals surface area contributed by atoms with Crippen LogP contribution >= 0.6 is 0 Å². The SMILES string of the molecule is COC(CC=O)(OC)C(=O)Nc1ccc(C(=O)O)cc1CN. The number of carboxylic acid groups (broad SMARTS) is 1. The lowest BCUT2D eigenvalue weighted by atomic mass is 10.1. The van der Waals surface area contributed by atoms with Gasteiger partial charge in [-0.25, -0.2) is 4.79 Å². The number of benzene rings is 1. The summed E-state index contributed by atoms with van der Waals surface area (Å²) in [6.45, 7) is 0.0252. The summed E-state index contributed by atoms with van der Waals surface area (Å²) in [5.74, 6) is -3.54. The maximum atomic E-state index is 12.3. The number of carbonyl (C=O) groups excluding carboxylic acids is 2. The summed E-state index contributed by atoms with van der Waals surface area (Å²) in [4.78, 5) is 33.9. The average Bonchev–Trinajstić information content (AvgIpc) is 2.52. The van der Waals surface area contributed by atoms with Crippen molar-refractivity contribution >= 4 is 23.9 Å². The number of rotatable bonds is 8. The van der Waals surface area contributed by atoms with Crippen LogP contribution in [0.15, 0.2) is 18.2 Å². The molecule has 4 N–H and O–H groups in total. The molecule has 1 rings (SSSR count). The van der Waals surface area contributed by atoms with Gasteiger partial charge in [0, 0.05) is 26.5 Å². The normalized spacial score (nSPS) is 11.0. The van der Waals surface area contributed by atoms with E-state index in [0.29, 0.717) is 17.5 Å². The summed E-state index contributed by atoms with van der Waals surface area (Å²) in [7, 11) is 2.48. The first-order valence-electron chi connectivity index (χ1n) is 6.35. The minimum atomic E-state index is -1.75. The second-order valence-electron chi connectivity index (χ2n) is 4.37. The number of hydrogen-bond acceptors (Lipinski definition) is 6. The molecule has 0 aliphatic heterocycles. The van der Waals surface area contributed by atoms with E-state index in [1.54, 1.807) is 0 Å². The van der Waals surface area contributed by atoms with Crippen LogP contribution in [0.25, 0.3) is 0 Å². The molecule has 120 valence electrons. The zero-order chi connectivity index (χ0) is 16.8. The molecule has 1 aromatic carbocycles. The van der Waals surface area contributed by atoms with Crippen molar-refractivity contribution in [1.29, 1.82) is 0 Å². The van der Waals surface area contributed by atoms with Crippen LogP contribution in [0.1, 0.15) is 22.3 Å². The van der Waals surface area contributed by atoms with E-state index < -0.39 is 17.7 Å². The lowest BCUT2D eigenvalue weighted by Crippen LogP contribution is -2.47. The highest BCUT2D eigenvalue weighted by atomic mass is 16.7. The molecule has 8 nitrogen and oxygen atoms in total. The van der Waals surface area contributed by atoms with Crippen LogP contribution < -0.4 is 11.1 Å². The highest BCUT2D eigenvalue weighted by Crippen LogP contribution is 2.22. The fraction of sp³-hybridized carbons (Fsp3) is 0.357. The van der Waals surface area contributed by atoms with Gasteiger partial charge in [0.05, 0.1) is 12.0 Å². The highest BCUT2D eigenvalue weighted by molar-refractivity contribution is 5.98. The Hall–Kier alpha value is -2.29. The van der Waals surface area contributed by atoms with Crippen LogP contribution in [0.2, 0.25) is 0 Å². The Morgan fingerprint density at radius 1 is 1.36 bits per heavy atom. The number of anilines is 1. The first kappa shape index (κ1) is 17.8. The first-order chi connectivity index (χ1) is 10.4. The van der Waals surface area contributed by atoms with Gasteiger partial charge in [-0.2, -0.15) is 0 Å². The third kappa shape index (κ3) is 3.67. The van der Waals surface area contributed by atoms with Crippen LogP contribution in [0.5, 0.6) is 0 Å². The Kier molecular flexibility index (Phi) is 6.17. The third-order valence-corrected chi connectivity index (χ3v) is 3.18. The van der Waals surface area contributed by atoms with Gasteiger partial charge in [0.1, 0.15) is 6.29 Å². The van der Waals surface area contributed by atoms with E-state index in [0.717, 1.165) is 0 Å². The van der Waals surface area contributed by atoms with Gasteiger partial charge < -0.3 is 30.4 Å². The number of methoxy groups -OCH3 is 2. The molecule has 0 aliphatic rings. The van der Waals surface area contributed by atoms with Crippen LogP contribution in [0, 0.1) is 0 Å². The number of ether oxygens (including phenoxy) is 2. The maximum absolute atomic E-state index is 12.3. The summed E-state index contributed by atoms with van der Waals surface area (Å²) >= 11 is 0. The van der Waals surface area contributed by atoms with E-state index in [1.807, 2.05) is 0 Å². The highest BCUT2D eigenvalue weighted by Gasteiger charge is 2.39. The van der Waals surface area contributed by atoms with Gasteiger partial charge in [-0.05, 0) is 23.8 Å². The second kappa shape index (κ2) is 7.64. The van der Waals surface area contributed by atoms with Gasteiger partial charge >= 0.3 is 5.97 Å². The predicted molar refractivity (Wildman–Crippen MR) is 77.4 cm³/mol. The zero-order valence-corrected chi connectivity index (χ0v) is 12.3. The molecule has 0 atom stereocenters. The largest absolute Gasteiger partial charge is 0.478 e. The Morgan fingerprint density at radius 2 is 2.00 bits per heavy atom. The van der Waals surface area contributed by atoms with Gasteiger partial charge in [0.25, 0.3) is 11.7 Å². The van der Waals surface area contributed by atoms with Gasteiger partial charge in [-0.1, -0.05) is 0 Å². The quantitative estimate of drug-likeness (QED) is 0.467. The van der Waals surface area contributed by atoms with Crippen molar-refractivity contribution in [2.45, 2.75) is 18.8 Å². The molecule has 0 heterocycles. The summed E-state index contributed by atoms with van der Waals surface area (Å²) in [6.07, 6.45) is 0.209. The van der Waals surface area contributed by atoms with Crippen LogP contribution in [0.4, 0.5) is 5.69 Å². The minimum Gasteiger partial charge on any atom is -0.478 e. The van der Waals surface area contributed by atoms with E-state index in [4.69, 9.17) is 20.3 Å². The lowest BCUT2D eigenvalue weighted by Gasteiger charge is -2.27. The van der Waals surface area contributed by atoms with Gasteiger partial charge in [0.15, 0.2) is 0 Å². The van der Waals surface area contributed by atoms with Crippen molar-refractivity contribution in [2.75, 3.05) is 19.5 Å². The zero-order valence-electron chi connectivity index (χ0n) is 12.3. The molecule has 1 aromatic rings. The van der Waals surface area contributed by atoms with Gasteiger partial charge in [0.2, 0.25) is 0 Å². The number of hydrogen-bond donors (Lipinski definition) is 3. The number of amides is 1. The standard InChI is InChI=1S/C14H18N2O6/c1-21-14(22-2,5-6-17)13(20)16-11-4-3-9(12(18)19)7-10(11)8-15/h3-4,6-7H,5,8,15H2,1-2H3,(H,16,20)(H,18,19). The maximum Gasteiger partial charge on any atom is 0.335 e. The van der Waals surface area contributed by atoms with E-state index in [2.05, 4.69) is 5.32 Å². The van der Waals surface area contributed by atoms with Crippen molar-refractivity contribution in [2.24, 2.45) is 5.73 Å².